The molecule has 2 aromatic rings. The van der Waals surface area contributed by atoms with Gasteiger partial charge in [0.1, 0.15) is 6.04 Å². The highest BCUT2D eigenvalue weighted by molar-refractivity contribution is 7.97. The third kappa shape index (κ3) is 4.19. The molecule has 130 valence electrons. The van der Waals surface area contributed by atoms with Crippen LogP contribution in [-0.4, -0.2) is 27.4 Å². The summed E-state index contributed by atoms with van der Waals surface area (Å²) in [5.74, 6) is -0.537. The van der Waals surface area contributed by atoms with Gasteiger partial charge >= 0.3 is 0 Å². The number of nitrogens with zero attached hydrogens (tertiary/aromatic N) is 1. The molecule has 0 radical (unpaired) electrons. The molecule has 0 aromatic heterocycles. The van der Waals surface area contributed by atoms with Crippen molar-refractivity contribution in [3.8, 4) is 0 Å². The van der Waals surface area contributed by atoms with Crippen molar-refractivity contribution in [2.45, 2.75) is 30.8 Å². The van der Waals surface area contributed by atoms with Gasteiger partial charge in [-0.3, -0.25) is 14.8 Å². The second kappa shape index (κ2) is 7.69. The molecule has 0 saturated carbocycles. The van der Waals surface area contributed by atoms with Crippen molar-refractivity contribution in [1.82, 2.24) is 9.79 Å². The van der Waals surface area contributed by atoms with Gasteiger partial charge in [0, 0.05) is 24.1 Å². The predicted molar refractivity (Wildman–Crippen MR) is 96.0 cm³/mol. The van der Waals surface area contributed by atoms with Crippen molar-refractivity contribution in [3.05, 3.63) is 59.7 Å². The van der Waals surface area contributed by atoms with Crippen LogP contribution in [0.3, 0.4) is 0 Å². The summed E-state index contributed by atoms with van der Waals surface area (Å²) >= 11 is 1.46. The maximum Gasteiger partial charge on any atom is 0.261 e. The van der Waals surface area contributed by atoms with Crippen molar-refractivity contribution in [2.75, 3.05) is 5.32 Å². The molecule has 1 unspecified atom stereocenters. The molecule has 3 N–H and O–H groups in total. The lowest BCUT2D eigenvalue weighted by Gasteiger charge is -2.34. The fourth-order valence-corrected chi connectivity index (χ4v) is 3.86. The number of rotatable bonds is 4. The van der Waals surface area contributed by atoms with E-state index in [9.17, 15) is 9.59 Å². The number of hydroxylamine groups is 1. The number of hydrogen-bond donors (Lipinski definition) is 3. The zero-order chi connectivity index (χ0) is 17.8. The van der Waals surface area contributed by atoms with Gasteiger partial charge in [-0.05, 0) is 53.8 Å². The molecule has 1 atom stereocenters. The van der Waals surface area contributed by atoms with Crippen LogP contribution in [-0.2, 0) is 22.6 Å². The monoisotopic (exact) mass is 357 g/mol. The van der Waals surface area contributed by atoms with E-state index in [2.05, 4.69) is 11.4 Å². The number of hydrogen-bond acceptors (Lipinski definition) is 5. The molecule has 1 aliphatic heterocycles. The molecule has 0 fully saturated rings. The molecule has 6 nitrogen and oxygen atoms in total. The van der Waals surface area contributed by atoms with Crippen molar-refractivity contribution in [2.24, 2.45) is 0 Å². The number of carbonyl (C=O) groups is 2. The molecule has 3 rings (SSSR count). The Morgan fingerprint density at radius 2 is 1.80 bits per heavy atom. The third-order valence-corrected chi connectivity index (χ3v) is 5.12. The summed E-state index contributed by atoms with van der Waals surface area (Å²) in [6, 6.07) is 15.0. The van der Waals surface area contributed by atoms with Gasteiger partial charge in [-0.2, -0.15) is 0 Å². The standard InChI is InChI=1S/C18H19N3O3S/c1-12(22)19-15-6-8-16(9-7-15)25-21-11-14-5-3-2-4-13(14)10-17(21)18(23)20-24/h2-9,17,24H,10-11H2,1H3,(H,19,22)(H,20,23). The van der Waals surface area contributed by atoms with Gasteiger partial charge < -0.3 is 5.32 Å². The van der Waals surface area contributed by atoms with Crippen LogP contribution in [0.4, 0.5) is 5.69 Å². The van der Waals surface area contributed by atoms with E-state index in [-0.39, 0.29) is 5.91 Å². The van der Waals surface area contributed by atoms with Crippen LogP contribution in [0.5, 0.6) is 0 Å². The third-order valence-electron chi connectivity index (χ3n) is 4.02. The highest BCUT2D eigenvalue weighted by atomic mass is 32.2. The number of fused-ring (bicyclic) bond motifs is 1. The van der Waals surface area contributed by atoms with E-state index in [1.54, 1.807) is 5.48 Å². The molecule has 0 aliphatic carbocycles. The van der Waals surface area contributed by atoms with Gasteiger partial charge in [0.05, 0.1) is 0 Å². The molecule has 25 heavy (non-hydrogen) atoms. The summed E-state index contributed by atoms with van der Waals surface area (Å²) < 4.78 is 1.96. The van der Waals surface area contributed by atoms with Crippen LogP contribution in [0.25, 0.3) is 0 Å². The maximum absolute atomic E-state index is 12.1. The molecule has 1 aliphatic rings. The summed E-state index contributed by atoms with van der Waals surface area (Å²) in [4.78, 5) is 24.1. The van der Waals surface area contributed by atoms with E-state index < -0.39 is 11.9 Å². The van der Waals surface area contributed by atoms with Crippen LogP contribution in [0.2, 0.25) is 0 Å². The molecule has 2 aromatic carbocycles. The molecule has 0 spiro atoms. The number of amides is 2. The van der Waals surface area contributed by atoms with Crippen molar-refractivity contribution >= 4 is 29.4 Å². The minimum Gasteiger partial charge on any atom is -0.326 e. The first kappa shape index (κ1) is 17.5. The first-order valence-electron chi connectivity index (χ1n) is 7.90. The summed E-state index contributed by atoms with van der Waals surface area (Å²) in [7, 11) is 0. The summed E-state index contributed by atoms with van der Waals surface area (Å²) in [6.07, 6.45) is 0.541. The average Bonchev–Trinajstić information content (AvgIpc) is 2.61. The Kier molecular flexibility index (Phi) is 5.37. The molecular formula is C18H19N3O3S. The van der Waals surface area contributed by atoms with E-state index in [1.807, 2.05) is 46.8 Å². The highest BCUT2D eigenvalue weighted by Crippen LogP contribution is 2.33. The zero-order valence-corrected chi connectivity index (χ0v) is 14.5. The number of carbonyl (C=O) groups excluding carboxylic acids is 2. The van der Waals surface area contributed by atoms with Crippen LogP contribution in [0.1, 0.15) is 18.1 Å². The lowest BCUT2D eigenvalue weighted by atomic mass is 9.95. The second-order valence-electron chi connectivity index (χ2n) is 5.84. The Morgan fingerprint density at radius 3 is 2.44 bits per heavy atom. The lowest BCUT2D eigenvalue weighted by Crippen LogP contribution is -2.46. The lowest BCUT2D eigenvalue weighted by molar-refractivity contribution is -0.133. The number of anilines is 1. The largest absolute Gasteiger partial charge is 0.326 e. The first-order valence-corrected chi connectivity index (χ1v) is 8.67. The normalized spacial score (nSPS) is 16.8. The molecule has 0 saturated heterocycles. The van der Waals surface area contributed by atoms with E-state index in [0.29, 0.717) is 13.0 Å². The molecular weight excluding hydrogens is 338 g/mol. The Labute approximate surface area is 150 Å². The zero-order valence-electron chi connectivity index (χ0n) is 13.7. The maximum atomic E-state index is 12.1. The van der Waals surface area contributed by atoms with E-state index in [4.69, 9.17) is 5.21 Å². The number of benzene rings is 2. The number of nitrogens with one attached hydrogen (secondary N) is 2. The molecule has 2 amide bonds. The topological polar surface area (TPSA) is 81.7 Å². The SMILES string of the molecule is CC(=O)Nc1ccc(SN2Cc3ccccc3CC2C(=O)NO)cc1. The second-order valence-corrected chi connectivity index (χ2v) is 6.96. The Morgan fingerprint density at radius 1 is 1.12 bits per heavy atom. The van der Waals surface area contributed by atoms with Crippen molar-refractivity contribution in [3.63, 3.8) is 0 Å². The summed E-state index contributed by atoms with van der Waals surface area (Å²) in [6.45, 7) is 2.07. The van der Waals surface area contributed by atoms with E-state index in [1.165, 1.54) is 24.4 Å². The summed E-state index contributed by atoms with van der Waals surface area (Å²) in [5, 5.41) is 11.8. The van der Waals surface area contributed by atoms with Gasteiger partial charge in [-0.15, -0.1) is 0 Å². The van der Waals surface area contributed by atoms with Crippen LogP contribution >= 0.6 is 11.9 Å². The minimum absolute atomic E-state index is 0.118. The predicted octanol–water partition coefficient (Wildman–Crippen LogP) is 2.58. The van der Waals surface area contributed by atoms with Gasteiger partial charge in [0.25, 0.3) is 5.91 Å². The first-order chi connectivity index (χ1) is 12.1. The van der Waals surface area contributed by atoms with Gasteiger partial charge in [-0.1, -0.05) is 24.3 Å². The van der Waals surface area contributed by atoms with Gasteiger partial charge in [0.15, 0.2) is 0 Å². The minimum atomic E-state index is -0.458. The Bertz CT molecular complexity index is 779. The smallest absolute Gasteiger partial charge is 0.261 e. The highest BCUT2D eigenvalue weighted by Gasteiger charge is 2.32. The van der Waals surface area contributed by atoms with Gasteiger partial charge in [-0.25, -0.2) is 9.79 Å². The van der Waals surface area contributed by atoms with Gasteiger partial charge in [0.2, 0.25) is 5.91 Å². The quantitative estimate of drug-likeness (QED) is 0.445. The van der Waals surface area contributed by atoms with E-state index >= 15 is 0 Å². The van der Waals surface area contributed by atoms with Crippen molar-refractivity contribution in [1.29, 1.82) is 0 Å². The molecule has 7 heteroatoms. The van der Waals surface area contributed by atoms with Crippen molar-refractivity contribution < 1.29 is 14.8 Å². The average molecular weight is 357 g/mol. The van der Waals surface area contributed by atoms with Crippen LogP contribution in [0.15, 0.2) is 53.4 Å². The Hall–Kier alpha value is -2.35. The molecule has 1 heterocycles. The fraction of sp³-hybridized carbons (Fsp3) is 0.222. The van der Waals surface area contributed by atoms with E-state index in [0.717, 1.165) is 16.1 Å². The fourth-order valence-electron chi connectivity index (χ4n) is 2.83. The Balaban J connectivity index is 1.79. The summed E-state index contributed by atoms with van der Waals surface area (Å²) in [5.41, 5.74) is 4.79. The molecule has 0 bridgehead atoms. The van der Waals surface area contributed by atoms with Crippen LogP contribution in [0, 0.1) is 0 Å². The van der Waals surface area contributed by atoms with Crippen LogP contribution < -0.4 is 10.8 Å².